The molecule has 0 amide bonds. The first-order valence-corrected chi connectivity index (χ1v) is 5.81. The molecule has 1 aromatic heterocycles. The molecular weight excluding hydrogens is 258 g/mol. The smallest absolute Gasteiger partial charge is 0.287 e. The van der Waals surface area contributed by atoms with Crippen LogP contribution in [0.1, 0.15) is 17.1 Å². The molecule has 0 radical (unpaired) electrons. The van der Waals surface area contributed by atoms with Crippen molar-refractivity contribution in [1.29, 1.82) is 5.26 Å². The van der Waals surface area contributed by atoms with Gasteiger partial charge in [-0.1, -0.05) is 0 Å². The Morgan fingerprint density at radius 2 is 2.25 bits per heavy atom. The first-order valence-electron chi connectivity index (χ1n) is 5.81. The Morgan fingerprint density at radius 1 is 1.45 bits per heavy atom. The van der Waals surface area contributed by atoms with Crippen LogP contribution in [0.15, 0.2) is 30.5 Å². The van der Waals surface area contributed by atoms with Crippen molar-refractivity contribution >= 4 is 11.4 Å². The van der Waals surface area contributed by atoms with Crippen molar-refractivity contribution in [3.8, 4) is 6.07 Å². The maximum absolute atomic E-state index is 10.7. The van der Waals surface area contributed by atoms with Crippen LogP contribution in [0.3, 0.4) is 0 Å². The number of anilines is 1. The standard InChI is InChI=1S/C13H11N5O2/c1-9-15-5-4-12(17-9)8-16-11-2-3-13(18(19)20)10(6-11)7-14/h2-6,16H,8H2,1H3. The number of benzene rings is 1. The molecule has 2 rings (SSSR count). The lowest BCUT2D eigenvalue weighted by Gasteiger charge is -2.06. The molecule has 7 heteroatoms. The van der Waals surface area contributed by atoms with Gasteiger partial charge in [-0.2, -0.15) is 5.26 Å². The predicted octanol–water partition coefficient (Wildman–Crippen LogP) is 2.18. The number of hydrogen-bond donors (Lipinski definition) is 1. The minimum atomic E-state index is -0.573. The molecule has 0 aliphatic carbocycles. The van der Waals surface area contributed by atoms with Gasteiger partial charge in [-0.15, -0.1) is 0 Å². The van der Waals surface area contributed by atoms with Crippen molar-refractivity contribution in [2.75, 3.05) is 5.32 Å². The number of nitro benzene ring substituents is 1. The molecule has 0 saturated heterocycles. The molecule has 20 heavy (non-hydrogen) atoms. The van der Waals surface area contributed by atoms with E-state index in [2.05, 4.69) is 15.3 Å². The van der Waals surface area contributed by atoms with Gasteiger partial charge in [0, 0.05) is 18.0 Å². The molecule has 0 aliphatic rings. The van der Waals surface area contributed by atoms with Gasteiger partial charge in [-0.25, -0.2) is 9.97 Å². The monoisotopic (exact) mass is 269 g/mol. The summed E-state index contributed by atoms with van der Waals surface area (Å²) >= 11 is 0. The Kier molecular flexibility index (Phi) is 3.86. The van der Waals surface area contributed by atoms with Crippen LogP contribution in [0.5, 0.6) is 0 Å². The number of hydrogen-bond acceptors (Lipinski definition) is 6. The van der Waals surface area contributed by atoms with Crippen LogP contribution in [0.2, 0.25) is 0 Å². The van der Waals surface area contributed by atoms with Gasteiger partial charge in [-0.3, -0.25) is 10.1 Å². The summed E-state index contributed by atoms with van der Waals surface area (Å²) in [5.41, 5.74) is 1.26. The summed E-state index contributed by atoms with van der Waals surface area (Å²) < 4.78 is 0. The van der Waals surface area contributed by atoms with E-state index >= 15 is 0 Å². The quantitative estimate of drug-likeness (QED) is 0.673. The van der Waals surface area contributed by atoms with E-state index in [1.54, 1.807) is 25.3 Å². The van der Waals surface area contributed by atoms with Crippen LogP contribution in [0.25, 0.3) is 0 Å². The molecule has 0 unspecified atom stereocenters. The van der Waals surface area contributed by atoms with Crippen molar-refractivity contribution in [1.82, 2.24) is 9.97 Å². The summed E-state index contributed by atoms with van der Waals surface area (Å²) in [5.74, 6) is 0.672. The minimum Gasteiger partial charge on any atom is -0.379 e. The lowest BCUT2D eigenvalue weighted by atomic mass is 10.1. The Bertz CT molecular complexity index is 693. The fraction of sp³-hybridized carbons (Fsp3) is 0.154. The van der Waals surface area contributed by atoms with E-state index in [1.807, 2.05) is 6.07 Å². The fourth-order valence-electron chi connectivity index (χ4n) is 1.69. The zero-order valence-electron chi connectivity index (χ0n) is 10.7. The highest BCUT2D eigenvalue weighted by Crippen LogP contribution is 2.22. The predicted molar refractivity (Wildman–Crippen MR) is 71.9 cm³/mol. The summed E-state index contributed by atoms with van der Waals surface area (Å²) in [5, 5.41) is 22.7. The van der Waals surface area contributed by atoms with E-state index in [-0.39, 0.29) is 11.3 Å². The van der Waals surface area contributed by atoms with Crippen LogP contribution < -0.4 is 5.32 Å². The van der Waals surface area contributed by atoms with Gasteiger partial charge in [0.1, 0.15) is 17.5 Å². The van der Waals surface area contributed by atoms with Crippen LogP contribution in [0.4, 0.5) is 11.4 Å². The maximum Gasteiger partial charge on any atom is 0.287 e. The lowest BCUT2D eigenvalue weighted by molar-refractivity contribution is -0.385. The molecule has 0 bridgehead atoms. The van der Waals surface area contributed by atoms with Crippen molar-refractivity contribution < 1.29 is 4.92 Å². The Labute approximate surface area is 115 Å². The molecule has 0 atom stereocenters. The van der Waals surface area contributed by atoms with Crippen LogP contribution in [0, 0.1) is 28.4 Å². The van der Waals surface area contributed by atoms with E-state index in [4.69, 9.17) is 5.26 Å². The number of nitriles is 1. The van der Waals surface area contributed by atoms with E-state index in [1.165, 1.54) is 12.1 Å². The average molecular weight is 269 g/mol. The van der Waals surface area contributed by atoms with E-state index in [9.17, 15) is 10.1 Å². The second kappa shape index (κ2) is 5.75. The summed E-state index contributed by atoms with van der Waals surface area (Å²) in [6.45, 7) is 2.25. The normalized spacial score (nSPS) is 9.80. The largest absolute Gasteiger partial charge is 0.379 e. The first-order chi connectivity index (χ1) is 9.60. The number of aryl methyl sites for hydroxylation is 1. The number of aromatic nitrogens is 2. The summed E-state index contributed by atoms with van der Waals surface area (Å²) in [6, 6.07) is 7.92. The van der Waals surface area contributed by atoms with Gasteiger partial charge in [-0.05, 0) is 25.1 Å². The highest BCUT2D eigenvalue weighted by atomic mass is 16.6. The third-order valence-corrected chi connectivity index (χ3v) is 2.62. The zero-order valence-corrected chi connectivity index (χ0v) is 10.7. The summed E-state index contributed by atoms with van der Waals surface area (Å²) in [6.07, 6.45) is 1.66. The zero-order chi connectivity index (χ0) is 14.5. The number of nitro groups is 1. The van der Waals surface area contributed by atoms with Crippen molar-refractivity contribution in [3.05, 3.63) is 57.7 Å². The molecule has 0 saturated carbocycles. The van der Waals surface area contributed by atoms with Crippen LogP contribution in [-0.4, -0.2) is 14.9 Å². The van der Waals surface area contributed by atoms with Gasteiger partial charge in [0.15, 0.2) is 0 Å². The Morgan fingerprint density at radius 3 is 2.90 bits per heavy atom. The number of nitrogens with one attached hydrogen (secondary N) is 1. The van der Waals surface area contributed by atoms with Gasteiger partial charge < -0.3 is 5.32 Å². The van der Waals surface area contributed by atoms with E-state index < -0.39 is 4.92 Å². The third-order valence-electron chi connectivity index (χ3n) is 2.62. The second-order valence-corrected chi connectivity index (χ2v) is 4.05. The molecule has 0 fully saturated rings. The fourth-order valence-corrected chi connectivity index (χ4v) is 1.69. The summed E-state index contributed by atoms with van der Waals surface area (Å²) in [4.78, 5) is 18.4. The first kappa shape index (κ1) is 13.4. The minimum absolute atomic E-state index is 0.0267. The topological polar surface area (TPSA) is 105 Å². The van der Waals surface area contributed by atoms with Crippen molar-refractivity contribution in [2.45, 2.75) is 13.5 Å². The second-order valence-electron chi connectivity index (χ2n) is 4.05. The molecule has 100 valence electrons. The van der Waals surface area contributed by atoms with E-state index in [0.717, 1.165) is 5.69 Å². The molecule has 1 heterocycles. The molecule has 0 spiro atoms. The molecular formula is C13H11N5O2. The molecule has 1 aromatic carbocycles. The summed E-state index contributed by atoms with van der Waals surface area (Å²) in [7, 11) is 0. The average Bonchev–Trinajstić information content (AvgIpc) is 2.44. The Balaban J connectivity index is 2.15. The van der Waals surface area contributed by atoms with Gasteiger partial charge in [0.05, 0.1) is 17.2 Å². The lowest BCUT2D eigenvalue weighted by Crippen LogP contribution is -2.04. The Hall–Kier alpha value is -3.01. The highest BCUT2D eigenvalue weighted by Gasteiger charge is 2.13. The van der Waals surface area contributed by atoms with Crippen molar-refractivity contribution in [3.63, 3.8) is 0 Å². The van der Waals surface area contributed by atoms with Crippen molar-refractivity contribution in [2.24, 2.45) is 0 Å². The number of nitrogens with zero attached hydrogens (tertiary/aromatic N) is 4. The molecule has 7 nitrogen and oxygen atoms in total. The van der Waals surface area contributed by atoms with Crippen LogP contribution >= 0.6 is 0 Å². The van der Waals surface area contributed by atoms with Gasteiger partial charge in [0.25, 0.3) is 5.69 Å². The SMILES string of the molecule is Cc1nccc(CNc2ccc([N+](=O)[O-])c(C#N)c2)n1. The van der Waals surface area contributed by atoms with E-state index in [0.29, 0.717) is 18.1 Å². The third kappa shape index (κ3) is 3.05. The molecule has 2 aromatic rings. The van der Waals surface area contributed by atoms with Crippen LogP contribution in [-0.2, 0) is 6.54 Å². The molecule has 0 aliphatic heterocycles. The number of rotatable bonds is 4. The maximum atomic E-state index is 10.7. The highest BCUT2D eigenvalue weighted by molar-refractivity contribution is 5.58. The van der Waals surface area contributed by atoms with Gasteiger partial charge in [0.2, 0.25) is 0 Å². The molecule has 1 N–H and O–H groups in total. The van der Waals surface area contributed by atoms with Gasteiger partial charge >= 0.3 is 0 Å².